The number of para-hydroxylation sites is 2. The Bertz CT molecular complexity index is 3260. The van der Waals surface area contributed by atoms with E-state index in [-0.39, 0.29) is 10.7 Å². The van der Waals surface area contributed by atoms with Gasteiger partial charge in [-0.05, 0) is 65.6 Å². The number of rotatable bonds is 4. The van der Waals surface area contributed by atoms with Crippen molar-refractivity contribution in [2.24, 2.45) is 5.41 Å². The van der Waals surface area contributed by atoms with Crippen molar-refractivity contribution in [2.75, 3.05) is 0 Å². The second-order valence-corrected chi connectivity index (χ2v) is 16.4. The van der Waals surface area contributed by atoms with Crippen LogP contribution in [0.3, 0.4) is 0 Å². The zero-order chi connectivity index (χ0) is 37.0. The monoisotopic (exact) mass is 738 g/mol. The third-order valence-electron chi connectivity index (χ3n) is 12.1. The summed E-state index contributed by atoms with van der Waals surface area (Å²) < 4.78 is 9.30. The number of allylic oxidation sites excluding steroid dienone is 6. The lowest BCUT2D eigenvalue weighted by atomic mass is 9.68. The summed E-state index contributed by atoms with van der Waals surface area (Å²) in [5.41, 5.74) is 8.94. The molecule has 0 N–H and O–H groups in total. The number of hydrogen-bond donors (Lipinski definition) is 0. The Morgan fingerprint density at radius 1 is 0.696 bits per heavy atom. The van der Waals surface area contributed by atoms with Crippen LogP contribution in [0.15, 0.2) is 173 Å². The molecule has 2 aliphatic carbocycles. The minimum absolute atomic E-state index is 0.245. The molecule has 3 aliphatic rings. The van der Waals surface area contributed by atoms with Crippen molar-refractivity contribution in [3.05, 3.63) is 174 Å². The average molecular weight is 739 g/mol. The van der Waals surface area contributed by atoms with Crippen LogP contribution in [-0.2, 0) is 0 Å². The molecule has 2 unspecified atom stereocenters. The number of benzene rings is 6. The molecule has 9 aromatic rings. The highest BCUT2D eigenvalue weighted by Gasteiger charge is 2.49. The number of thioether (sulfide) groups is 1. The molecule has 1 aliphatic heterocycles. The number of nitrogens with zero attached hydrogens (tertiary/aromatic N) is 4. The van der Waals surface area contributed by atoms with Gasteiger partial charge in [0.1, 0.15) is 11.3 Å². The zero-order valence-electron chi connectivity index (χ0n) is 30.6. The maximum atomic E-state index is 6.92. The van der Waals surface area contributed by atoms with Gasteiger partial charge in [0, 0.05) is 53.8 Å². The highest BCUT2D eigenvalue weighted by atomic mass is 32.2. The number of furan rings is 1. The van der Waals surface area contributed by atoms with Gasteiger partial charge in [0.2, 0.25) is 0 Å². The molecule has 4 heterocycles. The minimum atomic E-state index is -0.245. The van der Waals surface area contributed by atoms with Crippen molar-refractivity contribution < 1.29 is 4.42 Å². The second kappa shape index (κ2) is 12.0. The Hall–Kier alpha value is -6.50. The van der Waals surface area contributed by atoms with E-state index in [2.05, 4.69) is 145 Å². The molecule has 0 fully saturated rings. The summed E-state index contributed by atoms with van der Waals surface area (Å²) in [5.74, 6) is 1.96. The Kier molecular flexibility index (Phi) is 6.82. The molecule has 6 aromatic carbocycles. The number of aromatic nitrogens is 4. The maximum Gasteiger partial charge on any atom is 0.166 e. The Morgan fingerprint density at radius 3 is 2.34 bits per heavy atom. The molecule has 3 aromatic heterocycles. The lowest BCUT2D eigenvalue weighted by Gasteiger charge is -2.37. The van der Waals surface area contributed by atoms with Gasteiger partial charge in [0.05, 0.1) is 11.0 Å². The predicted molar refractivity (Wildman–Crippen MR) is 232 cm³/mol. The van der Waals surface area contributed by atoms with Crippen LogP contribution >= 0.6 is 11.8 Å². The third-order valence-corrected chi connectivity index (χ3v) is 13.6. The smallest absolute Gasteiger partial charge is 0.166 e. The fourth-order valence-corrected chi connectivity index (χ4v) is 11.0. The standard InChI is InChI=1S/C50H34N4OS/c1-50-38-20-9-12-24-43(38)56-44(50)25-13-21-39(50)49-52-47(30-14-3-2-4-15-30)51-48(53-49)36-27-26-35-34-19-8-11-23-42(34)55-46(35)45(36)54-40-22-10-7-18-33(40)37-28-31-16-5-6-17-32(31)29-41(37)54/h2-8,10-19,21-29,44H,9,20H2,1H3. The van der Waals surface area contributed by atoms with E-state index in [0.717, 1.165) is 68.2 Å². The summed E-state index contributed by atoms with van der Waals surface area (Å²) in [4.78, 5) is 17.6. The van der Waals surface area contributed by atoms with E-state index in [9.17, 15) is 0 Å². The van der Waals surface area contributed by atoms with Crippen LogP contribution in [0.25, 0.3) is 88.6 Å². The molecule has 0 bridgehead atoms. The van der Waals surface area contributed by atoms with Gasteiger partial charge in [-0.3, -0.25) is 0 Å². The lowest BCUT2D eigenvalue weighted by molar-refractivity contribution is 0.532. The molecule has 0 spiro atoms. The number of fused-ring (bicyclic) bond motifs is 9. The first-order valence-corrected chi connectivity index (χ1v) is 20.2. The van der Waals surface area contributed by atoms with Crippen molar-refractivity contribution >= 4 is 71.9 Å². The Morgan fingerprint density at radius 2 is 1.45 bits per heavy atom. The third kappa shape index (κ3) is 4.53. The van der Waals surface area contributed by atoms with Crippen molar-refractivity contribution in [2.45, 2.75) is 25.0 Å². The van der Waals surface area contributed by atoms with Crippen LogP contribution in [0.1, 0.15) is 25.6 Å². The van der Waals surface area contributed by atoms with Crippen LogP contribution < -0.4 is 0 Å². The van der Waals surface area contributed by atoms with Crippen molar-refractivity contribution in [3.8, 4) is 28.5 Å². The molecule has 12 rings (SSSR count). The maximum absolute atomic E-state index is 6.92. The van der Waals surface area contributed by atoms with Crippen LogP contribution in [-0.4, -0.2) is 24.8 Å². The van der Waals surface area contributed by atoms with E-state index in [0.29, 0.717) is 17.5 Å². The van der Waals surface area contributed by atoms with Gasteiger partial charge in [0.25, 0.3) is 0 Å². The molecule has 0 saturated carbocycles. The van der Waals surface area contributed by atoms with Gasteiger partial charge >= 0.3 is 0 Å². The summed E-state index contributed by atoms with van der Waals surface area (Å²) in [6.45, 7) is 2.39. The molecule has 2 atom stereocenters. The molecular formula is C50H34N4OS. The van der Waals surface area contributed by atoms with Crippen molar-refractivity contribution in [3.63, 3.8) is 0 Å². The lowest BCUT2D eigenvalue weighted by Crippen LogP contribution is -2.31. The average Bonchev–Trinajstić information content (AvgIpc) is 3.89. The van der Waals surface area contributed by atoms with Crippen LogP contribution in [0.4, 0.5) is 0 Å². The van der Waals surface area contributed by atoms with E-state index in [1.54, 1.807) is 0 Å². The zero-order valence-corrected chi connectivity index (χ0v) is 31.4. The van der Waals surface area contributed by atoms with E-state index in [4.69, 9.17) is 19.4 Å². The van der Waals surface area contributed by atoms with Crippen LogP contribution in [0.2, 0.25) is 0 Å². The molecule has 0 radical (unpaired) electrons. The van der Waals surface area contributed by atoms with Gasteiger partial charge < -0.3 is 8.98 Å². The minimum Gasteiger partial charge on any atom is -0.454 e. The van der Waals surface area contributed by atoms with E-state index < -0.39 is 0 Å². The number of hydrogen-bond acceptors (Lipinski definition) is 5. The predicted octanol–water partition coefficient (Wildman–Crippen LogP) is 13.0. The summed E-state index contributed by atoms with van der Waals surface area (Å²) in [7, 11) is 0. The van der Waals surface area contributed by atoms with E-state index >= 15 is 0 Å². The fourth-order valence-electron chi connectivity index (χ4n) is 9.38. The van der Waals surface area contributed by atoms with Gasteiger partial charge in [0.15, 0.2) is 23.1 Å². The summed E-state index contributed by atoms with van der Waals surface area (Å²) in [5, 5.41) is 7.14. The fraction of sp³-hybridized carbons (Fsp3) is 0.100. The molecule has 56 heavy (non-hydrogen) atoms. The van der Waals surface area contributed by atoms with E-state index in [1.165, 1.54) is 32.0 Å². The van der Waals surface area contributed by atoms with Crippen LogP contribution in [0, 0.1) is 5.41 Å². The first kappa shape index (κ1) is 31.8. The molecule has 0 amide bonds. The molecular weight excluding hydrogens is 705 g/mol. The largest absolute Gasteiger partial charge is 0.454 e. The van der Waals surface area contributed by atoms with Crippen molar-refractivity contribution in [1.29, 1.82) is 0 Å². The Balaban J connectivity index is 1.19. The first-order chi connectivity index (χ1) is 27.6. The van der Waals surface area contributed by atoms with Gasteiger partial charge in [-0.15, -0.1) is 11.8 Å². The van der Waals surface area contributed by atoms with E-state index in [1.807, 2.05) is 36.0 Å². The van der Waals surface area contributed by atoms with Gasteiger partial charge in [-0.25, -0.2) is 15.0 Å². The van der Waals surface area contributed by atoms with Gasteiger partial charge in [-0.2, -0.15) is 0 Å². The SMILES string of the molecule is CC12C(c3nc(-c4ccccc4)nc(-c4ccc5c(oc6ccccc65)c4-n4c5ccccc5c5cc6ccccc6cc54)n3)=CC=CC1SC1=C2CCC=C1. The van der Waals surface area contributed by atoms with Crippen LogP contribution in [0.5, 0.6) is 0 Å². The summed E-state index contributed by atoms with van der Waals surface area (Å²) in [6.07, 6.45) is 13.5. The topological polar surface area (TPSA) is 56.7 Å². The first-order valence-electron chi connectivity index (χ1n) is 19.3. The van der Waals surface area contributed by atoms with Crippen molar-refractivity contribution in [1.82, 2.24) is 19.5 Å². The summed E-state index contributed by atoms with van der Waals surface area (Å²) >= 11 is 1.96. The quantitative estimate of drug-likeness (QED) is 0.180. The Labute approximate surface area is 327 Å². The van der Waals surface area contributed by atoms with Gasteiger partial charge in [-0.1, -0.05) is 128 Å². The second-order valence-electron chi connectivity index (χ2n) is 15.2. The molecule has 0 saturated heterocycles. The molecule has 5 nitrogen and oxygen atoms in total. The highest BCUT2D eigenvalue weighted by molar-refractivity contribution is 8.04. The molecule has 6 heteroatoms. The normalized spacial score (nSPS) is 19.1. The highest BCUT2D eigenvalue weighted by Crippen LogP contribution is 2.61. The summed E-state index contributed by atoms with van der Waals surface area (Å²) in [6, 6.07) is 44.9. The molecule has 266 valence electrons.